The molecular weight excluding hydrogens is 234 g/mol. The molecule has 0 amide bonds. The van der Waals surface area contributed by atoms with Gasteiger partial charge in [0.1, 0.15) is 5.75 Å². The van der Waals surface area contributed by atoms with Crippen molar-refractivity contribution in [2.24, 2.45) is 0 Å². The fraction of sp³-hybridized carbons (Fsp3) is 0.0588. The quantitative estimate of drug-likeness (QED) is 0.694. The molecule has 0 bridgehead atoms. The van der Waals surface area contributed by atoms with Gasteiger partial charge < -0.3 is 10.5 Å². The standard InChI is InChI=1S/C17H15NO/c1-19-17-13-7-3-2-6-12(13)10-11-15(17)14-8-4-5-9-16(14)18/h2-11H,18H2,1H3. The molecule has 0 spiro atoms. The van der Waals surface area contributed by atoms with Gasteiger partial charge in [0, 0.05) is 22.2 Å². The average molecular weight is 249 g/mol. The Morgan fingerprint density at radius 1 is 0.789 bits per heavy atom. The molecule has 0 aliphatic carbocycles. The van der Waals surface area contributed by atoms with Gasteiger partial charge in [-0.2, -0.15) is 0 Å². The normalized spacial score (nSPS) is 10.6. The van der Waals surface area contributed by atoms with Crippen molar-refractivity contribution in [1.29, 1.82) is 0 Å². The van der Waals surface area contributed by atoms with Gasteiger partial charge in [-0.3, -0.25) is 0 Å². The van der Waals surface area contributed by atoms with Crippen LogP contribution in [-0.4, -0.2) is 7.11 Å². The van der Waals surface area contributed by atoms with Crippen LogP contribution in [0.2, 0.25) is 0 Å². The maximum atomic E-state index is 6.06. The molecule has 0 aliphatic heterocycles. The molecule has 2 heteroatoms. The smallest absolute Gasteiger partial charge is 0.134 e. The van der Waals surface area contributed by atoms with E-state index in [0.29, 0.717) is 0 Å². The molecular formula is C17H15NO. The highest BCUT2D eigenvalue weighted by molar-refractivity contribution is 5.96. The van der Waals surface area contributed by atoms with E-state index >= 15 is 0 Å². The van der Waals surface area contributed by atoms with Crippen molar-refractivity contribution in [3.63, 3.8) is 0 Å². The first kappa shape index (κ1) is 11.6. The Morgan fingerprint density at radius 2 is 1.53 bits per heavy atom. The second kappa shape index (κ2) is 4.65. The van der Waals surface area contributed by atoms with Gasteiger partial charge in [-0.05, 0) is 17.5 Å². The van der Waals surface area contributed by atoms with Crippen LogP contribution < -0.4 is 10.5 Å². The van der Waals surface area contributed by atoms with E-state index in [4.69, 9.17) is 10.5 Å². The van der Waals surface area contributed by atoms with Crippen molar-refractivity contribution >= 4 is 16.5 Å². The number of benzene rings is 3. The molecule has 2 N–H and O–H groups in total. The van der Waals surface area contributed by atoms with Crippen LogP contribution in [0.15, 0.2) is 60.7 Å². The summed E-state index contributed by atoms with van der Waals surface area (Å²) in [7, 11) is 1.70. The van der Waals surface area contributed by atoms with Crippen LogP contribution in [0.4, 0.5) is 5.69 Å². The van der Waals surface area contributed by atoms with Crippen LogP contribution in [0.3, 0.4) is 0 Å². The molecule has 0 unspecified atom stereocenters. The van der Waals surface area contributed by atoms with Crippen molar-refractivity contribution in [3.8, 4) is 16.9 Å². The Kier molecular flexibility index (Phi) is 2.84. The zero-order chi connectivity index (χ0) is 13.2. The van der Waals surface area contributed by atoms with E-state index in [1.807, 2.05) is 36.4 Å². The highest BCUT2D eigenvalue weighted by Crippen LogP contribution is 2.38. The number of nitrogens with two attached hydrogens (primary N) is 1. The first-order valence-electron chi connectivity index (χ1n) is 6.22. The molecule has 3 aromatic rings. The molecule has 0 aliphatic rings. The maximum Gasteiger partial charge on any atom is 0.134 e. The maximum absolute atomic E-state index is 6.06. The third kappa shape index (κ3) is 1.91. The first-order valence-corrected chi connectivity index (χ1v) is 6.22. The Morgan fingerprint density at radius 3 is 2.32 bits per heavy atom. The third-order valence-corrected chi connectivity index (χ3v) is 3.33. The lowest BCUT2D eigenvalue weighted by Gasteiger charge is -2.13. The molecule has 0 heterocycles. The lowest BCUT2D eigenvalue weighted by atomic mass is 9.98. The summed E-state index contributed by atoms with van der Waals surface area (Å²) in [6, 6.07) is 20.2. The third-order valence-electron chi connectivity index (χ3n) is 3.33. The van der Waals surface area contributed by atoms with Crippen molar-refractivity contribution in [2.45, 2.75) is 0 Å². The number of nitrogen functional groups attached to an aromatic ring is 1. The molecule has 0 atom stereocenters. The van der Waals surface area contributed by atoms with Gasteiger partial charge in [0.25, 0.3) is 0 Å². The predicted molar refractivity (Wildman–Crippen MR) is 80.3 cm³/mol. The predicted octanol–water partition coefficient (Wildman–Crippen LogP) is 4.10. The van der Waals surface area contributed by atoms with Gasteiger partial charge >= 0.3 is 0 Å². The second-order valence-corrected chi connectivity index (χ2v) is 4.45. The summed E-state index contributed by atoms with van der Waals surface area (Å²) in [5, 5.41) is 2.27. The van der Waals surface area contributed by atoms with E-state index in [2.05, 4.69) is 24.3 Å². The molecule has 0 saturated carbocycles. The Labute approximate surface area is 112 Å². The highest BCUT2D eigenvalue weighted by atomic mass is 16.5. The van der Waals surface area contributed by atoms with E-state index in [9.17, 15) is 0 Å². The largest absolute Gasteiger partial charge is 0.495 e. The molecule has 94 valence electrons. The summed E-state index contributed by atoms with van der Waals surface area (Å²) in [5.41, 5.74) is 8.86. The lowest BCUT2D eigenvalue weighted by Crippen LogP contribution is -1.93. The van der Waals surface area contributed by atoms with Crippen LogP contribution in [0.25, 0.3) is 21.9 Å². The number of para-hydroxylation sites is 1. The number of ether oxygens (including phenoxy) is 1. The minimum Gasteiger partial charge on any atom is -0.495 e. The molecule has 0 fully saturated rings. The summed E-state index contributed by atoms with van der Waals surface area (Å²) >= 11 is 0. The number of anilines is 1. The number of hydrogen-bond acceptors (Lipinski definition) is 2. The minimum absolute atomic E-state index is 0.760. The van der Waals surface area contributed by atoms with Gasteiger partial charge in [-0.25, -0.2) is 0 Å². The van der Waals surface area contributed by atoms with E-state index in [1.165, 1.54) is 0 Å². The summed E-state index contributed by atoms with van der Waals surface area (Å²) in [6.45, 7) is 0. The van der Waals surface area contributed by atoms with E-state index in [0.717, 1.165) is 33.3 Å². The van der Waals surface area contributed by atoms with Crippen LogP contribution in [0.5, 0.6) is 5.75 Å². The summed E-state index contributed by atoms with van der Waals surface area (Å²) < 4.78 is 5.61. The van der Waals surface area contributed by atoms with Crippen LogP contribution in [0, 0.1) is 0 Å². The monoisotopic (exact) mass is 249 g/mol. The number of rotatable bonds is 2. The van der Waals surface area contributed by atoms with E-state index in [1.54, 1.807) is 7.11 Å². The van der Waals surface area contributed by atoms with Crippen molar-refractivity contribution in [2.75, 3.05) is 12.8 Å². The van der Waals surface area contributed by atoms with E-state index < -0.39 is 0 Å². The van der Waals surface area contributed by atoms with Crippen molar-refractivity contribution in [3.05, 3.63) is 60.7 Å². The van der Waals surface area contributed by atoms with Crippen LogP contribution in [-0.2, 0) is 0 Å². The van der Waals surface area contributed by atoms with Gasteiger partial charge in [0.05, 0.1) is 7.11 Å². The van der Waals surface area contributed by atoms with E-state index in [-0.39, 0.29) is 0 Å². The second-order valence-electron chi connectivity index (χ2n) is 4.45. The summed E-state index contributed by atoms with van der Waals surface area (Å²) in [4.78, 5) is 0. The first-order chi connectivity index (χ1) is 9.31. The molecule has 0 aromatic heterocycles. The topological polar surface area (TPSA) is 35.2 Å². The fourth-order valence-electron chi connectivity index (χ4n) is 2.42. The molecule has 19 heavy (non-hydrogen) atoms. The number of hydrogen-bond donors (Lipinski definition) is 1. The van der Waals surface area contributed by atoms with Crippen LogP contribution >= 0.6 is 0 Å². The minimum atomic E-state index is 0.760. The molecule has 0 radical (unpaired) electrons. The van der Waals surface area contributed by atoms with Gasteiger partial charge in [0.15, 0.2) is 0 Å². The zero-order valence-electron chi connectivity index (χ0n) is 10.8. The Balaban J connectivity index is 2.33. The van der Waals surface area contributed by atoms with Crippen molar-refractivity contribution < 1.29 is 4.74 Å². The molecule has 3 rings (SSSR count). The number of fused-ring (bicyclic) bond motifs is 1. The highest BCUT2D eigenvalue weighted by Gasteiger charge is 2.11. The van der Waals surface area contributed by atoms with Gasteiger partial charge in [-0.15, -0.1) is 0 Å². The molecule has 3 aromatic carbocycles. The fourth-order valence-corrected chi connectivity index (χ4v) is 2.42. The Bertz CT molecular complexity index is 734. The SMILES string of the molecule is COc1c(-c2ccccc2N)ccc2ccccc12. The van der Waals surface area contributed by atoms with Crippen molar-refractivity contribution in [1.82, 2.24) is 0 Å². The lowest BCUT2D eigenvalue weighted by molar-refractivity contribution is 0.421. The zero-order valence-corrected chi connectivity index (χ0v) is 10.8. The van der Waals surface area contributed by atoms with Crippen LogP contribution in [0.1, 0.15) is 0 Å². The summed E-state index contributed by atoms with van der Waals surface area (Å²) in [6.07, 6.45) is 0. The Hall–Kier alpha value is -2.48. The average Bonchev–Trinajstić information content (AvgIpc) is 2.46. The molecule has 2 nitrogen and oxygen atoms in total. The summed E-state index contributed by atoms with van der Waals surface area (Å²) in [5.74, 6) is 0.871. The molecule has 0 saturated heterocycles. The number of methoxy groups -OCH3 is 1. The van der Waals surface area contributed by atoms with Gasteiger partial charge in [0.2, 0.25) is 0 Å². The van der Waals surface area contributed by atoms with Gasteiger partial charge in [-0.1, -0.05) is 48.5 Å².